The summed E-state index contributed by atoms with van der Waals surface area (Å²) in [7, 11) is -2.24. The summed E-state index contributed by atoms with van der Waals surface area (Å²) in [5, 5.41) is 3.09. The molecule has 0 N–H and O–H groups in total. The predicted molar refractivity (Wildman–Crippen MR) is 193 cm³/mol. The molecule has 45 heavy (non-hydrogen) atoms. The monoisotopic (exact) mass is 590 g/mol. The van der Waals surface area contributed by atoms with Crippen LogP contribution in [-0.2, 0) is 12.8 Å². The van der Waals surface area contributed by atoms with E-state index in [-0.39, 0.29) is 0 Å². The largest absolute Gasteiger partial charge is 0.115 e. The highest BCUT2D eigenvalue weighted by Gasteiger charge is 2.44. The fourth-order valence-corrected chi connectivity index (χ4v) is 12.2. The van der Waals surface area contributed by atoms with Crippen LogP contribution in [-0.4, -0.2) is 8.07 Å². The molecule has 0 aromatic heterocycles. The standard InChI is InChI=1S/C44H34Si/c1-45(2)43(33-21-23-39-35(27-33)25-31-17-9-11-19-37(31)39)41(29-13-5-3-6-14-29)42(30-15-7-4-8-16-30)44(45)34-22-24-40-36(28-34)26-32-18-10-12-20-38(32)40/h3-24,27-28H,25-26H2,1-2H3. The van der Waals surface area contributed by atoms with Gasteiger partial charge in [-0.3, -0.25) is 0 Å². The van der Waals surface area contributed by atoms with Crippen LogP contribution in [0.1, 0.15) is 44.5 Å². The Hall–Kier alpha value is -4.98. The molecule has 0 bridgehead atoms. The van der Waals surface area contributed by atoms with Crippen LogP contribution < -0.4 is 0 Å². The Morgan fingerprint density at radius 2 is 0.733 bits per heavy atom. The second-order valence-electron chi connectivity index (χ2n) is 13.3. The van der Waals surface area contributed by atoms with Gasteiger partial charge in [0, 0.05) is 0 Å². The van der Waals surface area contributed by atoms with Gasteiger partial charge in [-0.2, -0.15) is 0 Å². The summed E-state index contributed by atoms with van der Waals surface area (Å²) in [6.45, 7) is 5.17. The molecule has 3 aliphatic rings. The molecule has 0 saturated heterocycles. The molecule has 0 unspecified atom stereocenters. The second-order valence-corrected chi connectivity index (χ2v) is 17.5. The van der Waals surface area contributed by atoms with Gasteiger partial charge in [0.25, 0.3) is 0 Å². The molecule has 2 aliphatic carbocycles. The zero-order valence-corrected chi connectivity index (χ0v) is 26.8. The van der Waals surface area contributed by atoms with Gasteiger partial charge in [-0.1, -0.05) is 159 Å². The zero-order valence-electron chi connectivity index (χ0n) is 25.8. The van der Waals surface area contributed by atoms with E-state index in [2.05, 4.69) is 159 Å². The molecule has 0 saturated carbocycles. The Labute approximate surface area is 267 Å². The summed E-state index contributed by atoms with van der Waals surface area (Å²) >= 11 is 0. The Kier molecular flexibility index (Phi) is 5.88. The molecule has 0 amide bonds. The van der Waals surface area contributed by atoms with Crippen LogP contribution in [0.3, 0.4) is 0 Å². The van der Waals surface area contributed by atoms with Gasteiger partial charge in [-0.25, -0.2) is 0 Å². The minimum absolute atomic E-state index is 1.01. The molecule has 0 radical (unpaired) electrons. The van der Waals surface area contributed by atoms with Crippen molar-refractivity contribution in [1.29, 1.82) is 0 Å². The Balaban J connectivity index is 1.29. The van der Waals surface area contributed by atoms with Gasteiger partial charge >= 0.3 is 0 Å². The molecule has 9 rings (SSSR count). The van der Waals surface area contributed by atoms with Crippen molar-refractivity contribution in [3.05, 3.63) is 190 Å². The van der Waals surface area contributed by atoms with E-state index in [0.29, 0.717) is 0 Å². The van der Waals surface area contributed by atoms with E-state index in [1.807, 2.05) is 0 Å². The number of fused-ring (bicyclic) bond motifs is 6. The third-order valence-corrected chi connectivity index (χ3v) is 13.9. The number of benzene rings is 6. The van der Waals surface area contributed by atoms with Crippen LogP contribution >= 0.6 is 0 Å². The topological polar surface area (TPSA) is 0 Å². The number of allylic oxidation sites excluding steroid dienone is 2. The SMILES string of the molecule is C[Si]1(C)C(c2ccc3c(c2)Cc2ccccc2-3)=C(c2ccccc2)C(c2ccccc2)=C1c1ccc2c(c1)Cc1ccccc1-2. The molecule has 0 atom stereocenters. The van der Waals surface area contributed by atoms with Crippen molar-refractivity contribution in [1.82, 2.24) is 0 Å². The highest BCUT2D eigenvalue weighted by atomic mass is 28.3. The molecule has 0 spiro atoms. The van der Waals surface area contributed by atoms with E-state index in [0.717, 1.165) is 12.8 Å². The first kappa shape index (κ1) is 26.4. The summed E-state index contributed by atoms with van der Waals surface area (Å²) in [4.78, 5) is 0. The van der Waals surface area contributed by atoms with E-state index in [9.17, 15) is 0 Å². The van der Waals surface area contributed by atoms with Crippen molar-refractivity contribution in [3.63, 3.8) is 0 Å². The average Bonchev–Trinajstić information content (AvgIpc) is 3.71. The van der Waals surface area contributed by atoms with Gasteiger partial charge in [-0.05, 0) is 101 Å². The van der Waals surface area contributed by atoms with Crippen molar-refractivity contribution < 1.29 is 0 Å². The summed E-state index contributed by atoms with van der Waals surface area (Å²) in [5.41, 5.74) is 19.5. The number of hydrogen-bond donors (Lipinski definition) is 0. The normalized spacial score (nSPS) is 15.6. The minimum Gasteiger partial charge on any atom is -0.0622 e. The van der Waals surface area contributed by atoms with E-state index < -0.39 is 8.07 Å². The van der Waals surface area contributed by atoms with Gasteiger partial charge in [-0.15, -0.1) is 0 Å². The average molecular weight is 591 g/mol. The van der Waals surface area contributed by atoms with Gasteiger partial charge in [0.15, 0.2) is 0 Å². The van der Waals surface area contributed by atoms with E-state index in [1.54, 1.807) is 10.4 Å². The summed E-state index contributed by atoms with van der Waals surface area (Å²) < 4.78 is 0. The van der Waals surface area contributed by atoms with Gasteiger partial charge in [0.2, 0.25) is 0 Å². The Morgan fingerprint density at radius 1 is 0.356 bits per heavy atom. The molecule has 0 fully saturated rings. The quantitative estimate of drug-likeness (QED) is 0.179. The minimum atomic E-state index is -2.24. The Morgan fingerprint density at radius 3 is 1.18 bits per heavy atom. The lowest BCUT2D eigenvalue weighted by molar-refractivity contribution is 1.26. The molecule has 1 aliphatic heterocycles. The third kappa shape index (κ3) is 4.04. The molecule has 6 aromatic carbocycles. The maximum Gasteiger partial charge on any atom is 0.115 e. The van der Waals surface area contributed by atoms with E-state index >= 15 is 0 Å². The first-order valence-corrected chi connectivity index (χ1v) is 19.1. The van der Waals surface area contributed by atoms with Crippen LogP contribution in [0.2, 0.25) is 13.1 Å². The van der Waals surface area contributed by atoms with Gasteiger partial charge in [0.05, 0.1) is 0 Å². The first-order chi connectivity index (χ1) is 22.1. The van der Waals surface area contributed by atoms with Crippen molar-refractivity contribution in [3.8, 4) is 22.3 Å². The lowest BCUT2D eigenvalue weighted by Crippen LogP contribution is -2.28. The summed E-state index contributed by atoms with van der Waals surface area (Å²) in [6.07, 6.45) is 2.01. The lowest BCUT2D eigenvalue weighted by atomic mass is 9.88. The van der Waals surface area contributed by atoms with Crippen molar-refractivity contribution in [2.24, 2.45) is 0 Å². The summed E-state index contributed by atoms with van der Waals surface area (Å²) in [5.74, 6) is 0. The maximum absolute atomic E-state index is 2.58. The van der Waals surface area contributed by atoms with Crippen LogP contribution in [0.5, 0.6) is 0 Å². The molecule has 1 heteroatoms. The molecule has 0 nitrogen and oxygen atoms in total. The van der Waals surface area contributed by atoms with Crippen LogP contribution in [0.15, 0.2) is 146 Å². The second kappa shape index (κ2) is 10.0. The number of rotatable bonds is 4. The fraction of sp³-hybridized carbons (Fsp3) is 0.0909. The highest BCUT2D eigenvalue weighted by Crippen LogP contribution is 2.56. The van der Waals surface area contributed by atoms with Crippen molar-refractivity contribution >= 4 is 29.6 Å². The fourth-order valence-electron chi connectivity index (χ4n) is 8.40. The molecular weight excluding hydrogens is 557 g/mol. The predicted octanol–water partition coefficient (Wildman–Crippen LogP) is 11.2. The number of hydrogen-bond acceptors (Lipinski definition) is 0. The van der Waals surface area contributed by atoms with E-state index in [4.69, 9.17) is 0 Å². The molecule has 6 aromatic rings. The summed E-state index contributed by atoms with van der Waals surface area (Å²) in [6, 6.07) is 54.8. The zero-order chi connectivity index (χ0) is 30.1. The maximum atomic E-state index is 2.58. The van der Waals surface area contributed by atoms with E-state index in [1.165, 1.54) is 77.9 Å². The molecule has 1 heterocycles. The van der Waals surface area contributed by atoms with Gasteiger partial charge in [0.1, 0.15) is 8.07 Å². The van der Waals surface area contributed by atoms with Crippen LogP contribution in [0, 0.1) is 0 Å². The lowest BCUT2D eigenvalue weighted by Gasteiger charge is -2.27. The van der Waals surface area contributed by atoms with Crippen LogP contribution in [0.25, 0.3) is 43.8 Å². The van der Waals surface area contributed by atoms with Crippen LogP contribution in [0.4, 0.5) is 0 Å². The smallest absolute Gasteiger partial charge is 0.0622 e. The van der Waals surface area contributed by atoms with Crippen molar-refractivity contribution in [2.75, 3.05) is 0 Å². The Bertz CT molecular complexity index is 2050. The molecule has 214 valence electrons. The third-order valence-electron chi connectivity index (χ3n) is 10.3. The van der Waals surface area contributed by atoms with Gasteiger partial charge < -0.3 is 0 Å². The molecular formula is C44H34Si. The first-order valence-electron chi connectivity index (χ1n) is 16.1. The van der Waals surface area contributed by atoms with Crippen molar-refractivity contribution in [2.45, 2.75) is 25.9 Å². The highest BCUT2D eigenvalue weighted by molar-refractivity contribution is 7.13.